The summed E-state index contributed by atoms with van der Waals surface area (Å²) in [6.07, 6.45) is 3.98. The van der Waals surface area contributed by atoms with Crippen LogP contribution in [0, 0.1) is 11.3 Å². The number of fused-ring (bicyclic) bond motifs is 1. The second-order valence-corrected chi connectivity index (χ2v) is 5.96. The number of pyridine rings is 1. The molecule has 0 aliphatic rings. The number of hydrogen-bond acceptors (Lipinski definition) is 4. The SMILES string of the molecule is COc1cccc(CN(C)Cc2cn3ccccc3c2C#N)c1OC. The van der Waals surface area contributed by atoms with Crippen LogP contribution >= 0.6 is 0 Å². The number of ether oxygens (including phenoxy) is 2. The van der Waals surface area contributed by atoms with Crippen LogP contribution in [0.15, 0.2) is 48.8 Å². The van der Waals surface area contributed by atoms with Gasteiger partial charge in [0.1, 0.15) is 6.07 Å². The lowest BCUT2D eigenvalue weighted by Crippen LogP contribution is -2.18. The third-order valence-corrected chi connectivity index (χ3v) is 4.24. The Bertz CT molecular complexity index is 924. The van der Waals surface area contributed by atoms with Crippen molar-refractivity contribution in [1.29, 1.82) is 5.26 Å². The first kappa shape index (κ1) is 16.9. The molecule has 1 aromatic carbocycles. The standard InChI is InChI=1S/C20H21N3O2/c1-22(12-15-7-6-9-19(24-2)20(15)25-3)13-16-14-23-10-5-4-8-18(23)17(16)11-21/h4-10,14H,12-13H2,1-3H3. The van der Waals surface area contributed by atoms with Gasteiger partial charge in [-0.25, -0.2) is 0 Å². The normalized spacial score (nSPS) is 10.8. The van der Waals surface area contributed by atoms with Gasteiger partial charge >= 0.3 is 0 Å². The summed E-state index contributed by atoms with van der Waals surface area (Å²) in [5.74, 6) is 1.47. The summed E-state index contributed by atoms with van der Waals surface area (Å²) < 4.78 is 12.9. The van der Waals surface area contributed by atoms with Gasteiger partial charge in [0.05, 0.1) is 25.3 Å². The summed E-state index contributed by atoms with van der Waals surface area (Å²) in [5.41, 5.74) is 3.72. The fraction of sp³-hybridized carbons (Fsp3) is 0.250. The van der Waals surface area contributed by atoms with Crippen LogP contribution in [0.4, 0.5) is 0 Å². The van der Waals surface area contributed by atoms with Crippen LogP contribution in [0.1, 0.15) is 16.7 Å². The Kier molecular flexibility index (Phi) is 4.92. The lowest BCUT2D eigenvalue weighted by Gasteiger charge is -2.19. The number of methoxy groups -OCH3 is 2. The van der Waals surface area contributed by atoms with Gasteiger partial charge in [0.2, 0.25) is 0 Å². The molecule has 0 saturated heterocycles. The summed E-state index contributed by atoms with van der Waals surface area (Å²) in [7, 11) is 5.31. The first-order valence-corrected chi connectivity index (χ1v) is 8.05. The third-order valence-electron chi connectivity index (χ3n) is 4.24. The molecule has 0 fully saturated rings. The predicted octanol–water partition coefficient (Wildman–Crippen LogP) is 3.46. The Morgan fingerprint density at radius 3 is 2.56 bits per heavy atom. The minimum Gasteiger partial charge on any atom is -0.493 e. The first-order valence-electron chi connectivity index (χ1n) is 8.05. The second kappa shape index (κ2) is 7.29. The Hall–Kier alpha value is -2.97. The van der Waals surface area contributed by atoms with Gasteiger partial charge in [-0.05, 0) is 25.2 Å². The highest BCUT2D eigenvalue weighted by molar-refractivity contribution is 5.65. The van der Waals surface area contributed by atoms with E-state index in [2.05, 4.69) is 11.0 Å². The molecule has 5 heteroatoms. The van der Waals surface area contributed by atoms with Crippen LogP contribution in [0.25, 0.3) is 5.52 Å². The molecule has 2 aromatic heterocycles. The minimum absolute atomic E-state index is 0.672. The largest absolute Gasteiger partial charge is 0.493 e. The van der Waals surface area contributed by atoms with Crippen molar-refractivity contribution in [3.8, 4) is 17.6 Å². The van der Waals surface area contributed by atoms with E-state index in [9.17, 15) is 5.26 Å². The van der Waals surface area contributed by atoms with Gasteiger partial charge in [0, 0.05) is 36.6 Å². The highest BCUT2D eigenvalue weighted by Gasteiger charge is 2.15. The van der Waals surface area contributed by atoms with Gasteiger partial charge in [-0.15, -0.1) is 0 Å². The molecule has 0 atom stereocenters. The molecular formula is C20H21N3O2. The molecule has 5 nitrogen and oxygen atoms in total. The summed E-state index contributed by atoms with van der Waals surface area (Å²) in [4.78, 5) is 2.16. The zero-order valence-corrected chi connectivity index (χ0v) is 14.7. The summed E-state index contributed by atoms with van der Waals surface area (Å²) >= 11 is 0. The van der Waals surface area contributed by atoms with Gasteiger partial charge in [0.15, 0.2) is 11.5 Å². The Morgan fingerprint density at radius 1 is 1.04 bits per heavy atom. The van der Waals surface area contributed by atoms with Crippen molar-refractivity contribution >= 4 is 5.52 Å². The molecule has 0 N–H and O–H groups in total. The Morgan fingerprint density at radius 2 is 1.84 bits per heavy atom. The molecule has 0 unspecified atom stereocenters. The number of hydrogen-bond donors (Lipinski definition) is 0. The van der Waals surface area contributed by atoms with E-state index in [1.807, 2.05) is 60.2 Å². The predicted molar refractivity (Wildman–Crippen MR) is 96.8 cm³/mol. The van der Waals surface area contributed by atoms with Crippen LogP contribution in [0.2, 0.25) is 0 Å². The van der Waals surface area contributed by atoms with Gasteiger partial charge in [-0.3, -0.25) is 4.90 Å². The van der Waals surface area contributed by atoms with E-state index in [1.165, 1.54) is 0 Å². The van der Waals surface area contributed by atoms with Crippen LogP contribution < -0.4 is 9.47 Å². The van der Waals surface area contributed by atoms with Crippen molar-refractivity contribution in [3.63, 3.8) is 0 Å². The lowest BCUT2D eigenvalue weighted by atomic mass is 10.1. The monoisotopic (exact) mass is 335 g/mol. The number of rotatable bonds is 6. The number of nitrogens with zero attached hydrogens (tertiary/aromatic N) is 3. The van der Waals surface area contributed by atoms with E-state index in [4.69, 9.17) is 9.47 Å². The molecule has 0 aliphatic carbocycles. The molecule has 0 bridgehead atoms. The van der Waals surface area contributed by atoms with Crippen LogP contribution in [-0.4, -0.2) is 30.6 Å². The maximum Gasteiger partial charge on any atom is 0.165 e. The zero-order chi connectivity index (χ0) is 17.8. The fourth-order valence-electron chi connectivity index (χ4n) is 3.14. The molecule has 128 valence electrons. The van der Waals surface area contributed by atoms with E-state index in [-0.39, 0.29) is 0 Å². The number of para-hydroxylation sites is 1. The average Bonchev–Trinajstić information content (AvgIpc) is 2.98. The van der Waals surface area contributed by atoms with Gasteiger partial charge in [0.25, 0.3) is 0 Å². The molecule has 0 aliphatic heterocycles. The maximum atomic E-state index is 9.54. The zero-order valence-electron chi connectivity index (χ0n) is 14.7. The Labute approximate surface area is 147 Å². The van der Waals surface area contributed by atoms with Crippen molar-refractivity contribution in [1.82, 2.24) is 9.30 Å². The van der Waals surface area contributed by atoms with Crippen molar-refractivity contribution in [2.24, 2.45) is 0 Å². The summed E-state index contributed by atoms with van der Waals surface area (Å²) in [5, 5.41) is 9.54. The fourth-order valence-corrected chi connectivity index (χ4v) is 3.14. The highest BCUT2D eigenvalue weighted by atomic mass is 16.5. The summed E-state index contributed by atoms with van der Waals surface area (Å²) in [6, 6.07) is 14.1. The molecule has 0 saturated carbocycles. The second-order valence-electron chi connectivity index (χ2n) is 5.96. The molecule has 3 aromatic rings. The lowest BCUT2D eigenvalue weighted by molar-refractivity contribution is 0.303. The molecule has 0 radical (unpaired) electrons. The van der Waals surface area contributed by atoms with E-state index in [0.717, 1.165) is 33.7 Å². The van der Waals surface area contributed by atoms with Crippen LogP contribution in [0.3, 0.4) is 0 Å². The first-order chi connectivity index (χ1) is 12.2. The molecule has 25 heavy (non-hydrogen) atoms. The molecule has 0 spiro atoms. The summed E-state index contributed by atoms with van der Waals surface area (Å²) in [6.45, 7) is 1.36. The average molecular weight is 335 g/mol. The van der Waals surface area contributed by atoms with E-state index in [1.54, 1.807) is 14.2 Å². The van der Waals surface area contributed by atoms with Gasteiger partial charge < -0.3 is 13.9 Å². The van der Waals surface area contributed by atoms with E-state index < -0.39 is 0 Å². The molecule has 2 heterocycles. The molecular weight excluding hydrogens is 314 g/mol. The Balaban J connectivity index is 1.85. The molecule has 0 amide bonds. The van der Waals surface area contributed by atoms with Crippen LogP contribution in [0.5, 0.6) is 11.5 Å². The van der Waals surface area contributed by atoms with Crippen molar-refractivity contribution < 1.29 is 9.47 Å². The van der Waals surface area contributed by atoms with Crippen molar-refractivity contribution in [3.05, 3.63) is 65.5 Å². The topological polar surface area (TPSA) is 49.9 Å². The molecule has 3 rings (SSSR count). The quantitative estimate of drug-likeness (QED) is 0.692. The van der Waals surface area contributed by atoms with E-state index in [0.29, 0.717) is 13.1 Å². The van der Waals surface area contributed by atoms with Crippen molar-refractivity contribution in [2.75, 3.05) is 21.3 Å². The van der Waals surface area contributed by atoms with Gasteiger partial charge in [-0.2, -0.15) is 5.26 Å². The van der Waals surface area contributed by atoms with E-state index >= 15 is 0 Å². The smallest absolute Gasteiger partial charge is 0.165 e. The highest BCUT2D eigenvalue weighted by Crippen LogP contribution is 2.31. The minimum atomic E-state index is 0.672. The van der Waals surface area contributed by atoms with Crippen molar-refractivity contribution in [2.45, 2.75) is 13.1 Å². The van der Waals surface area contributed by atoms with Crippen LogP contribution in [-0.2, 0) is 13.1 Å². The number of benzene rings is 1. The van der Waals surface area contributed by atoms with Gasteiger partial charge in [-0.1, -0.05) is 18.2 Å². The number of nitriles is 1. The third kappa shape index (κ3) is 3.30. The number of aromatic nitrogens is 1. The maximum absolute atomic E-state index is 9.54.